The molecular weight excluding hydrogens is 350 g/mol. The Morgan fingerprint density at radius 3 is 2.31 bits per heavy atom. The molecule has 3 aliphatic rings. The lowest BCUT2D eigenvalue weighted by atomic mass is 10.2. The molecule has 0 bridgehead atoms. The Morgan fingerprint density at radius 2 is 1.73 bits per heavy atom. The quantitative estimate of drug-likeness (QED) is 0.795. The van der Waals surface area contributed by atoms with Gasteiger partial charge in [0.2, 0.25) is 0 Å². The van der Waals surface area contributed by atoms with Crippen LogP contribution in [0.25, 0.3) is 0 Å². The third-order valence-electron chi connectivity index (χ3n) is 5.11. The van der Waals surface area contributed by atoms with Crippen molar-refractivity contribution in [1.29, 1.82) is 0 Å². The molecule has 7 heteroatoms. The van der Waals surface area contributed by atoms with Gasteiger partial charge in [-0.1, -0.05) is 0 Å². The van der Waals surface area contributed by atoms with Gasteiger partial charge in [-0.15, -0.1) is 11.3 Å². The van der Waals surface area contributed by atoms with Crippen LogP contribution in [0.15, 0.2) is 6.07 Å². The Kier molecular flexibility index (Phi) is 4.47. The molecule has 1 aliphatic carbocycles. The van der Waals surface area contributed by atoms with E-state index in [0.717, 1.165) is 24.0 Å². The molecule has 2 aliphatic heterocycles. The van der Waals surface area contributed by atoms with E-state index in [1.807, 2.05) is 25.7 Å². The molecule has 0 aromatic carbocycles. The maximum absolute atomic E-state index is 12.8. The van der Waals surface area contributed by atoms with Crippen LogP contribution in [0.1, 0.15) is 53.7 Å². The highest BCUT2D eigenvalue weighted by molar-refractivity contribution is 7.14. The number of thiophene rings is 1. The molecule has 26 heavy (non-hydrogen) atoms. The number of fused-ring (bicyclic) bond motifs is 1. The molecule has 3 heterocycles. The van der Waals surface area contributed by atoms with Crippen LogP contribution in [0.5, 0.6) is 0 Å². The van der Waals surface area contributed by atoms with Gasteiger partial charge in [-0.25, -0.2) is 4.79 Å². The number of carbonyl (C=O) groups is 2. The second kappa shape index (κ2) is 6.53. The van der Waals surface area contributed by atoms with E-state index in [4.69, 9.17) is 4.74 Å². The molecule has 1 saturated heterocycles. The number of carbonyl (C=O) groups excluding carboxylic acids is 2. The van der Waals surface area contributed by atoms with Crippen LogP contribution < -0.4 is 0 Å². The minimum Gasteiger partial charge on any atom is -0.444 e. The zero-order valence-electron chi connectivity index (χ0n) is 15.8. The highest BCUT2D eigenvalue weighted by atomic mass is 32.1. The maximum atomic E-state index is 12.8. The average Bonchev–Trinajstić information content (AvgIpc) is 3.23. The summed E-state index contributed by atoms with van der Waals surface area (Å²) in [4.78, 5) is 33.2. The van der Waals surface area contributed by atoms with Crippen molar-refractivity contribution in [3.05, 3.63) is 21.4 Å². The minimum atomic E-state index is -0.490. The number of hydrogen-bond donors (Lipinski definition) is 0. The monoisotopic (exact) mass is 377 g/mol. The topological polar surface area (TPSA) is 53.1 Å². The second-order valence-electron chi connectivity index (χ2n) is 8.45. The number of piperazine rings is 1. The van der Waals surface area contributed by atoms with Gasteiger partial charge < -0.3 is 14.5 Å². The number of hydrogen-bond acceptors (Lipinski definition) is 5. The van der Waals surface area contributed by atoms with E-state index in [1.54, 1.807) is 16.2 Å². The molecule has 0 radical (unpaired) electrons. The first-order valence-corrected chi connectivity index (χ1v) is 10.2. The summed E-state index contributed by atoms with van der Waals surface area (Å²) in [5.74, 6) is 0.103. The molecule has 1 aromatic rings. The summed E-state index contributed by atoms with van der Waals surface area (Å²) < 4.78 is 5.41. The largest absolute Gasteiger partial charge is 0.444 e. The van der Waals surface area contributed by atoms with Crippen LogP contribution >= 0.6 is 11.3 Å². The van der Waals surface area contributed by atoms with Crippen molar-refractivity contribution in [1.82, 2.24) is 14.7 Å². The predicted octanol–water partition coefficient (Wildman–Crippen LogP) is 2.92. The lowest BCUT2D eigenvalue weighted by Crippen LogP contribution is -2.51. The van der Waals surface area contributed by atoms with Gasteiger partial charge in [0.25, 0.3) is 5.91 Å². The summed E-state index contributed by atoms with van der Waals surface area (Å²) in [7, 11) is 0. The Hall–Kier alpha value is -1.60. The Morgan fingerprint density at radius 1 is 1.08 bits per heavy atom. The second-order valence-corrected chi connectivity index (χ2v) is 9.59. The van der Waals surface area contributed by atoms with E-state index in [9.17, 15) is 9.59 Å². The number of ether oxygens (including phenoxy) is 1. The van der Waals surface area contributed by atoms with E-state index < -0.39 is 5.60 Å². The molecule has 0 atom stereocenters. The molecule has 0 N–H and O–H groups in total. The van der Waals surface area contributed by atoms with Crippen LogP contribution in [0.3, 0.4) is 0 Å². The van der Waals surface area contributed by atoms with Crippen LogP contribution in [0.2, 0.25) is 0 Å². The Bertz CT molecular complexity index is 689. The fourth-order valence-electron chi connectivity index (χ4n) is 3.57. The smallest absolute Gasteiger partial charge is 0.410 e. The van der Waals surface area contributed by atoms with Crippen LogP contribution in [-0.4, -0.2) is 64.5 Å². The van der Waals surface area contributed by atoms with E-state index in [-0.39, 0.29) is 12.0 Å². The zero-order chi connectivity index (χ0) is 18.5. The SMILES string of the molecule is CC(C)(C)OC(=O)N1CCN(C(=O)c2cc3c(s2)CN(C2CC2)C3)CC1. The molecule has 0 spiro atoms. The number of amides is 2. The fraction of sp³-hybridized carbons (Fsp3) is 0.684. The molecular formula is C19H27N3O3S. The van der Waals surface area contributed by atoms with Crippen LogP contribution in [0, 0.1) is 0 Å². The zero-order valence-corrected chi connectivity index (χ0v) is 16.6. The van der Waals surface area contributed by atoms with E-state index in [1.165, 1.54) is 23.3 Å². The van der Waals surface area contributed by atoms with Crippen molar-refractivity contribution in [2.75, 3.05) is 26.2 Å². The molecule has 0 unspecified atom stereocenters. The summed E-state index contributed by atoms with van der Waals surface area (Å²) in [5, 5.41) is 0. The standard InChI is InChI=1S/C19H27N3O3S/c1-19(2,3)25-18(24)21-8-6-20(7-9-21)17(23)15-10-13-11-22(14-4-5-14)12-16(13)26-15/h10,14H,4-9,11-12H2,1-3H3. The summed E-state index contributed by atoms with van der Waals surface area (Å²) in [6, 6.07) is 2.86. The van der Waals surface area contributed by atoms with Gasteiger partial charge in [-0.2, -0.15) is 0 Å². The van der Waals surface area contributed by atoms with E-state index in [2.05, 4.69) is 11.0 Å². The molecule has 2 amide bonds. The van der Waals surface area contributed by atoms with Crippen molar-refractivity contribution >= 4 is 23.3 Å². The Balaban J connectivity index is 1.32. The van der Waals surface area contributed by atoms with Gasteiger partial charge in [-0.05, 0) is 45.2 Å². The summed E-state index contributed by atoms with van der Waals surface area (Å²) in [5.41, 5.74) is 0.841. The maximum Gasteiger partial charge on any atom is 0.410 e. The molecule has 2 fully saturated rings. The normalized spacial score (nSPS) is 21.0. The predicted molar refractivity (Wildman–Crippen MR) is 100 cm³/mol. The summed E-state index contributed by atoms with van der Waals surface area (Å²) in [6.07, 6.45) is 2.35. The van der Waals surface area contributed by atoms with E-state index >= 15 is 0 Å². The van der Waals surface area contributed by atoms with Crippen molar-refractivity contribution in [3.63, 3.8) is 0 Å². The van der Waals surface area contributed by atoms with Crippen molar-refractivity contribution in [2.45, 2.75) is 58.3 Å². The van der Waals surface area contributed by atoms with Crippen molar-refractivity contribution < 1.29 is 14.3 Å². The van der Waals surface area contributed by atoms with Gasteiger partial charge in [0.1, 0.15) is 5.60 Å². The lowest BCUT2D eigenvalue weighted by Gasteiger charge is -2.35. The lowest BCUT2D eigenvalue weighted by molar-refractivity contribution is 0.0141. The molecule has 4 rings (SSSR count). The van der Waals surface area contributed by atoms with Crippen LogP contribution in [-0.2, 0) is 17.8 Å². The highest BCUT2D eigenvalue weighted by Gasteiger charge is 2.35. The molecule has 6 nitrogen and oxygen atoms in total. The van der Waals surface area contributed by atoms with Crippen molar-refractivity contribution in [3.8, 4) is 0 Å². The number of nitrogens with zero attached hydrogens (tertiary/aromatic N) is 3. The van der Waals surface area contributed by atoms with E-state index in [0.29, 0.717) is 26.2 Å². The molecule has 1 saturated carbocycles. The Labute approximate surface area is 158 Å². The van der Waals surface area contributed by atoms with Crippen LogP contribution in [0.4, 0.5) is 4.79 Å². The van der Waals surface area contributed by atoms with Gasteiger partial charge in [0.05, 0.1) is 4.88 Å². The van der Waals surface area contributed by atoms with Gasteiger partial charge in [0, 0.05) is 50.2 Å². The van der Waals surface area contributed by atoms with Crippen molar-refractivity contribution in [2.24, 2.45) is 0 Å². The third-order valence-corrected chi connectivity index (χ3v) is 6.26. The third kappa shape index (κ3) is 3.74. The van der Waals surface area contributed by atoms with Gasteiger partial charge >= 0.3 is 6.09 Å². The first-order valence-electron chi connectivity index (χ1n) is 9.43. The minimum absolute atomic E-state index is 0.103. The molecule has 1 aromatic heterocycles. The summed E-state index contributed by atoms with van der Waals surface area (Å²) in [6.45, 7) is 9.79. The highest BCUT2D eigenvalue weighted by Crippen LogP contribution is 2.38. The molecule has 142 valence electrons. The first-order chi connectivity index (χ1) is 12.3. The average molecular weight is 378 g/mol. The summed E-state index contributed by atoms with van der Waals surface area (Å²) >= 11 is 1.65. The first kappa shape index (κ1) is 17.8. The van der Waals surface area contributed by atoms with Gasteiger partial charge in [-0.3, -0.25) is 9.69 Å². The number of rotatable bonds is 2. The fourth-order valence-corrected chi connectivity index (χ4v) is 4.74. The van der Waals surface area contributed by atoms with Gasteiger partial charge in [0.15, 0.2) is 0 Å².